The Morgan fingerprint density at radius 2 is 1.76 bits per heavy atom. The molecule has 1 atom stereocenters. The lowest BCUT2D eigenvalue weighted by atomic mass is 9.93. The topological polar surface area (TPSA) is 95.9 Å². The first-order valence-corrected chi connectivity index (χ1v) is 13.5. The number of allylic oxidation sites excluding steroid dienone is 4. The number of phenols is 2. The van der Waals surface area contributed by atoms with E-state index in [2.05, 4.69) is 32.2 Å². The van der Waals surface area contributed by atoms with Crippen molar-refractivity contribution < 1.29 is 24.5 Å². The summed E-state index contributed by atoms with van der Waals surface area (Å²) in [5.74, 6) is -1.41. The molecule has 0 spiro atoms. The molecule has 0 aromatic heterocycles. The van der Waals surface area contributed by atoms with Crippen LogP contribution in [0.25, 0.3) is 0 Å². The predicted molar refractivity (Wildman–Crippen MR) is 153 cm³/mol. The zero-order chi connectivity index (χ0) is 28.1. The van der Waals surface area contributed by atoms with E-state index in [0.717, 1.165) is 43.2 Å². The van der Waals surface area contributed by atoms with Crippen molar-refractivity contribution in [2.24, 2.45) is 0 Å². The first-order chi connectivity index (χ1) is 18.2. The number of aryl methyl sites for hydroxylation is 1. The van der Waals surface area contributed by atoms with E-state index in [-0.39, 0.29) is 29.9 Å². The molecule has 2 rings (SSSR count). The van der Waals surface area contributed by atoms with Gasteiger partial charge >= 0.3 is 5.97 Å². The molecule has 0 bridgehead atoms. The van der Waals surface area contributed by atoms with Gasteiger partial charge in [0.15, 0.2) is 0 Å². The molecule has 2 aromatic carbocycles. The molecule has 6 heteroatoms. The molecule has 6 nitrogen and oxygen atoms in total. The smallest absolute Gasteiger partial charge is 0.328 e. The lowest BCUT2D eigenvalue weighted by Crippen LogP contribution is -2.43. The number of nitrogens with one attached hydrogen (secondary N) is 1. The van der Waals surface area contributed by atoms with Crippen LogP contribution in [-0.4, -0.2) is 35.2 Å². The Morgan fingerprint density at radius 3 is 2.39 bits per heavy atom. The highest BCUT2D eigenvalue weighted by atomic mass is 16.5. The van der Waals surface area contributed by atoms with Crippen LogP contribution in [0, 0.1) is 0 Å². The van der Waals surface area contributed by atoms with Gasteiger partial charge in [0.1, 0.15) is 17.5 Å². The van der Waals surface area contributed by atoms with Crippen molar-refractivity contribution in [3.63, 3.8) is 0 Å². The van der Waals surface area contributed by atoms with Gasteiger partial charge in [0, 0.05) is 12.0 Å². The second-order valence-electron chi connectivity index (χ2n) is 10.0. The summed E-state index contributed by atoms with van der Waals surface area (Å²) in [7, 11) is 1.28. The second kappa shape index (κ2) is 15.7. The highest BCUT2D eigenvalue weighted by molar-refractivity contribution is 6.01. The van der Waals surface area contributed by atoms with Gasteiger partial charge in [0.25, 0.3) is 5.91 Å². The van der Waals surface area contributed by atoms with Crippen LogP contribution in [0.5, 0.6) is 11.5 Å². The molecule has 2 aromatic rings. The third-order valence-electron chi connectivity index (χ3n) is 6.56. The van der Waals surface area contributed by atoms with Crippen molar-refractivity contribution in [1.82, 2.24) is 5.32 Å². The van der Waals surface area contributed by atoms with Crippen LogP contribution >= 0.6 is 0 Å². The van der Waals surface area contributed by atoms with E-state index >= 15 is 0 Å². The Balaban J connectivity index is 2.39. The Bertz CT molecular complexity index is 1130. The van der Waals surface area contributed by atoms with Crippen molar-refractivity contribution in [2.75, 3.05) is 7.11 Å². The van der Waals surface area contributed by atoms with E-state index in [9.17, 15) is 19.8 Å². The zero-order valence-corrected chi connectivity index (χ0v) is 23.5. The van der Waals surface area contributed by atoms with E-state index in [1.807, 2.05) is 43.3 Å². The minimum Gasteiger partial charge on any atom is -0.508 e. The fourth-order valence-electron chi connectivity index (χ4n) is 4.35. The summed E-state index contributed by atoms with van der Waals surface area (Å²) in [6.07, 6.45) is 9.76. The average molecular weight is 522 g/mol. The number of carbonyl (C=O) groups excluding carboxylic acids is 2. The SMILES string of the molecule is CCCCCc1cc(O)c(C/C=C(\C)CCC=C(C)C)c(O)c1C(=O)N[C@@H](Cc1ccccc1)C(=O)OC. The Labute approximate surface area is 227 Å². The van der Waals surface area contributed by atoms with Crippen molar-refractivity contribution in [2.45, 2.75) is 85.1 Å². The fourth-order valence-corrected chi connectivity index (χ4v) is 4.35. The molecule has 0 heterocycles. The van der Waals surface area contributed by atoms with Crippen LogP contribution in [0.2, 0.25) is 0 Å². The summed E-state index contributed by atoms with van der Waals surface area (Å²) < 4.78 is 4.95. The number of methoxy groups -OCH3 is 1. The number of rotatable bonds is 14. The van der Waals surface area contributed by atoms with Gasteiger partial charge in [-0.25, -0.2) is 4.79 Å². The van der Waals surface area contributed by atoms with Gasteiger partial charge in [-0.05, 0) is 70.1 Å². The van der Waals surface area contributed by atoms with Gasteiger partial charge in [0.05, 0.1) is 12.7 Å². The largest absolute Gasteiger partial charge is 0.508 e. The summed E-state index contributed by atoms with van der Waals surface area (Å²) in [4.78, 5) is 26.1. The number of carbonyl (C=O) groups is 2. The molecule has 38 heavy (non-hydrogen) atoms. The molecule has 0 unspecified atom stereocenters. The fraction of sp³-hybridized carbons (Fsp3) is 0.438. The molecule has 1 amide bonds. The maximum Gasteiger partial charge on any atom is 0.328 e. The van der Waals surface area contributed by atoms with Gasteiger partial charge < -0.3 is 20.3 Å². The molecular formula is C32H43NO5. The maximum atomic E-state index is 13.6. The van der Waals surface area contributed by atoms with E-state index in [1.165, 1.54) is 12.7 Å². The molecule has 0 fully saturated rings. The average Bonchev–Trinajstić information content (AvgIpc) is 2.88. The molecule has 0 aliphatic rings. The number of unbranched alkanes of at least 4 members (excludes halogenated alkanes) is 2. The number of ether oxygens (including phenoxy) is 1. The summed E-state index contributed by atoms with van der Waals surface area (Å²) >= 11 is 0. The number of aromatic hydroxyl groups is 2. The predicted octanol–water partition coefficient (Wildman–Crippen LogP) is 6.58. The van der Waals surface area contributed by atoms with E-state index in [4.69, 9.17) is 4.74 Å². The van der Waals surface area contributed by atoms with E-state index in [1.54, 1.807) is 6.07 Å². The lowest BCUT2D eigenvalue weighted by molar-refractivity contribution is -0.142. The summed E-state index contributed by atoms with van der Waals surface area (Å²) in [5, 5.41) is 24.8. The number of phenolic OH excluding ortho intramolecular Hbond substituents is 2. The number of amides is 1. The number of benzene rings is 2. The van der Waals surface area contributed by atoms with Crippen LogP contribution in [0.3, 0.4) is 0 Å². The van der Waals surface area contributed by atoms with Crippen LogP contribution in [0.4, 0.5) is 0 Å². The number of hydrogen-bond donors (Lipinski definition) is 3. The van der Waals surface area contributed by atoms with Crippen molar-refractivity contribution >= 4 is 11.9 Å². The minimum absolute atomic E-state index is 0.0345. The highest BCUT2D eigenvalue weighted by Gasteiger charge is 2.27. The summed E-state index contributed by atoms with van der Waals surface area (Å²) in [6, 6.07) is 10.0. The Morgan fingerprint density at radius 1 is 1.05 bits per heavy atom. The molecule has 0 saturated carbocycles. The Kier molecular flexibility index (Phi) is 12.6. The summed E-state index contributed by atoms with van der Waals surface area (Å²) in [6.45, 7) is 8.23. The standard InChI is InChI=1S/C32H43NO5/c1-6-7-9-17-25-21-28(34)26(19-18-23(4)14-12-13-22(2)3)30(35)29(25)31(36)33-27(32(37)38-5)20-24-15-10-8-11-16-24/h8,10-11,13,15-16,18,21,27,34-35H,6-7,9,12,14,17,19-20H2,1-5H3,(H,33,36)/b23-18+/t27-/m0/s1. The monoisotopic (exact) mass is 521 g/mol. The molecule has 3 N–H and O–H groups in total. The van der Waals surface area contributed by atoms with Gasteiger partial charge in [-0.15, -0.1) is 0 Å². The van der Waals surface area contributed by atoms with Crippen molar-refractivity contribution in [3.8, 4) is 11.5 Å². The lowest BCUT2D eigenvalue weighted by Gasteiger charge is -2.20. The normalized spacial score (nSPS) is 12.1. The van der Waals surface area contributed by atoms with Crippen LogP contribution in [0.1, 0.15) is 86.8 Å². The molecule has 0 aliphatic heterocycles. The van der Waals surface area contributed by atoms with Gasteiger partial charge in [-0.1, -0.05) is 73.4 Å². The van der Waals surface area contributed by atoms with Gasteiger partial charge in [-0.2, -0.15) is 0 Å². The van der Waals surface area contributed by atoms with E-state index in [0.29, 0.717) is 17.5 Å². The van der Waals surface area contributed by atoms with Crippen molar-refractivity contribution in [1.29, 1.82) is 0 Å². The van der Waals surface area contributed by atoms with Crippen LogP contribution in [0.15, 0.2) is 59.7 Å². The molecular weight excluding hydrogens is 478 g/mol. The number of esters is 1. The van der Waals surface area contributed by atoms with Crippen LogP contribution in [-0.2, 0) is 28.8 Å². The third kappa shape index (κ3) is 9.40. The summed E-state index contributed by atoms with van der Waals surface area (Å²) in [5.41, 5.74) is 4.23. The quantitative estimate of drug-likeness (QED) is 0.148. The van der Waals surface area contributed by atoms with Crippen molar-refractivity contribution in [3.05, 3.63) is 82.0 Å². The molecule has 0 aliphatic carbocycles. The molecule has 206 valence electrons. The Hall–Kier alpha value is -3.54. The van der Waals surface area contributed by atoms with Gasteiger partial charge in [-0.3, -0.25) is 4.79 Å². The zero-order valence-electron chi connectivity index (χ0n) is 23.5. The van der Waals surface area contributed by atoms with E-state index < -0.39 is 17.9 Å². The van der Waals surface area contributed by atoms with Gasteiger partial charge in [0.2, 0.25) is 0 Å². The minimum atomic E-state index is -0.924. The highest BCUT2D eigenvalue weighted by Crippen LogP contribution is 2.36. The maximum absolute atomic E-state index is 13.6. The molecule has 0 saturated heterocycles. The molecule has 0 radical (unpaired) electrons. The first kappa shape index (κ1) is 30.7. The van der Waals surface area contributed by atoms with Crippen LogP contribution < -0.4 is 5.32 Å². The number of hydrogen-bond acceptors (Lipinski definition) is 5. The first-order valence-electron chi connectivity index (χ1n) is 13.5. The second-order valence-corrected chi connectivity index (χ2v) is 10.0. The third-order valence-corrected chi connectivity index (χ3v) is 6.56.